The first-order valence-corrected chi connectivity index (χ1v) is 8.32. The van der Waals surface area contributed by atoms with Crippen LogP contribution in [-0.4, -0.2) is 24.9 Å². The number of hydrogen-bond acceptors (Lipinski definition) is 2. The van der Waals surface area contributed by atoms with Gasteiger partial charge in [0.25, 0.3) is 5.91 Å². The molecule has 118 valence electrons. The zero-order valence-electron chi connectivity index (χ0n) is 12.5. The summed E-state index contributed by atoms with van der Waals surface area (Å²) in [6.45, 7) is 1.15. The van der Waals surface area contributed by atoms with E-state index in [-0.39, 0.29) is 17.7 Å². The van der Waals surface area contributed by atoms with Gasteiger partial charge in [0.1, 0.15) is 0 Å². The largest absolute Gasteiger partial charge is 0.352 e. The highest BCUT2D eigenvalue weighted by atomic mass is 79.9. The number of anilines is 1. The first-order valence-electron chi connectivity index (χ1n) is 7.52. The quantitative estimate of drug-likeness (QED) is 0.895. The number of nitrogens with one attached hydrogen (secondary N) is 1. The normalized spacial score (nSPS) is 17.3. The first-order chi connectivity index (χ1) is 11.1. The maximum absolute atomic E-state index is 12.1. The molecule has 5 heteroatoms. The number of nitrogens with zero attached hydrogens (tertiary/aromatic N) is 1. The van der Waals surface area contributed by atoms with Gasteiger partial charge < -0.3 is 10.2 Å². The van der Waals surface area contributed by atoms with Crippen molar-refractivity contribution in [1.29, 1.82) is 0 Å². The molecule has 2 amide bonds. The summed E-state index contributed by atoms with van der Waals surface area (Å²) >= 11 is 3.35. The van der Waals surface area contributed by atoms with Crippen molar-refractivity contribution in [3.63, 3.8) is 0 Å². The van der Waals surface area contributed by atoms with E-state index in [2.05, 4.69) is 21.2 Å². The van der Waals surface area contributed by atoms with Crippen molar-refractivity contribution >= 4 is 33.4 Å². The molecule has 4 nitrogen and oxygen atoms in total. The van der Waals surface area contributed by atoms with Crippen molar-refractivity contribution in [3.05, 3.63) is 64.6 Å². The van der Waals surface area contributed by atoms with Crippen molar-refractivity contribution in [2.75, 3.05) is 18.0 Å². The summed E-state index contributed by atoms with van der Waals surface area (Å²) in [6.07, 6.45) is 0.468. The molecular formula is C18H17BrN2O2. The van der Waals surface area contributed by atoms with Crippen LogP contribution in [-0.2, 0) is 4.79 Å². The van der Waals surface area contributed by atoms with Gasteiger partial charge in [0.05, 0.1) is 0 Å². The first kappa shape index (κ1) is 15.7. The number of benzene rings is 2. The highest BCUT2D eigenvalue weighted by Crippen LogP contribution is 2.24. The lowest BCUT2D eigenvalue weighted by molar-refractivity contribution is -0.117. The zero-order valence-corrected chi connectivity index (χ0v) is 14.1. The molecule has 0 bridgehead atoms. The molecule has 1 heterocycles. The van der Waals surface area contributed by atoms with Crippen LogP contribution in [0.4, 0.5) is 5.69 Å². The standard InChI is InChI=1S/C18H17BrN2O2/c19-15-8-6-14(7-9-15)18(23)20-11-13-10-17(22)21(12-13)16-4-2-1-3-5-16/h1-9,13H,10-12H2,(H,20,23). The number of carbonyl (C=O) groups excluding carboxylic acids is 2. The van der Waals surface area contributed by atoms with Crippen molar-refractivity contribution in [2.45, 2.75) is 6.42 Å². The van der Waals surface area contributed by atoms with Crippen molar-refractivity contribution in [2.24, 2.45) is 5.92 Å². The second-order valence-corrected chi connectivity index (χ2v) is 6.54. The second-order valence-electron chi connectivity index (χ2n) is 5.63. The van der Waals surface area contributed by atoms with E-state index < -0.39 is 0 Å². The van der Waals surface area contributed by atoms with Crippen LogP contribution < -0.4 is 10.2 Å². The third-order valence-corrected chi connectivity index (χ3v) is 4.46. The lowest BCUT2D eigenvalue weighted by Crippen LogP contribution is -2.31. The molecule has 0 aliphatic carbocycles. The molecule has 23 heavy (non-hydrogen) atoms. The Morgan fingerprint density at radius 2 is 1.83 bits per heavy atom. The van der Waals surface area contributed by atoms with Crippen molar-refractivity contribution < 1.29 is 9.59 Å². The van der Waals surface area contributed by atoms with Gasteiger partial charge >= 0.3 is 0 Å². The highest BCUT2D eigenvalue weighted by molar-refractivity contribution is 9.10. The fourth-order valence-electron chi connectivity index (χ4n) is 2.72. The Morgan fingerprint density at radius 3 is 2.52 bits per heavy atom. The van der Waals surface area contributed by atoms with Crippen LogP contribution in [0.3, 0.4) is 0 Å². The number of rotatable bonds is 4. The predicted molar refractivity (Wildman–Crippen MR) is 93.4 cm³/mol. The molecule has 1 unspecified atom stereocenters. The SMILES string of the molecule is O=C(NCC1CC(=O)N(c2ccccc2)C1)c1ccc(Br)cc1. The summed E-state index contributed by atoms with van der Waals surface area (Å²) in [5.74, 6) is 0.143. The predicted octanol–water partition coefficient (Wildman–Crippen LogP) is 3.23. The van der Waals surface area contributed by atoms with Gasteiger partial charge in [-0.05, 0) is 36.4 Å². The number of hydrogen-bond donors (Lipinski definition) is 1. The van der Waals surface area contributed by atoms with E-state index in [4.69, 9.17) is 0 Å². The molecule has 0 saturated carbocycles. The van der Waals surface area contributed by atoms with Gasteiger partial charge in [-0.25, -0.2) is 0 Å². The second kappa shape index (κ2) is 6.96. The average Bonchev–Trinajstić information content (AvgIpc) is 2.95. The van der Waals surface area contributed by atoms with Gasteiger partial charge in [-0.2, -0.15) is 0 Å². The number of para-hydroxylation sites is 1. The maximum atomic E-state index is 12.1. The molecule has 1 fully saturated rings. The molecule has 2 aromatic rings. The van der Waals surface area contributed by atoms with E-state index in [1.54, 1.807) is 17.0 Å². The van der Waals surface area contributed by atoms with Gasteiger partial charge in [0, 0.05) is 41.2 Å². The van der Waals surface area contributed by atoms with E-state index in [0.29, 0.717) is 25.1 Å². The lowest BCUT2D eigenvalue weighted by Gasteiger charge is -2.16. The smallest absolute Gasteiger partial charge is 0.251 e. The van der Waals surface area contributed by atoms with Gasteiger partial charge in [-0.1, -0.05) is 34.1 Å². The van der Waals surface area contributed by atoms with E-state index in [1.807, 2.05) is 42.5 Å². The summed E-state index contributed by atoms with van der Waals surface area (Å²) in [5, 5.41) is 2.92. The molecule has 1 aliphatic heterocycles. The van der Waals surface area contributed by atoms with Gasteiger partial charge in [0.2, 0.25) is 5.91 Å². The van der Waals surface area contributed by atoms with E-state index >= 15 is 0 Å². The topological polar surface area (TPSA) is 49.4 Å². The number of amides is 2. The number of halogens is 1. The average molecular weight is 373 g/mol. The highest BCUT2D eigenvalue weighted by Gasteiger charge is 2.30. The summed E-state index contributed by atoms with van der Waals surface area (Å²) in [5.41, 5.74) is 1.54. The molecule has 0 spiro atoms. The fourth-order valence-corrected chi connectivity index (χ4v) is 2.98. The molecular weight excluding hydrogens is 356 g/mol. The van der Waals surface area contributed by atoms with Gasteiger partial charge in [-0.15, -0.1) is 0 Å². The Balaban J connectivity index is 1.56. The van der Waals surface area contributed by atoms with Crippen LogP contribution in [0.25, 0.3) is 0 Å². The van der Waals surface area contributed by atoms with E-state index in [1.165, 1.54) is 0 Å². The molecule has 3 rings (SSSR count). The molecule has 1 saturated heterocycles. The molecule has 2 aromatic carbocycles. The Labute approximate surface area is 143 Å². The minimum Gasteiger partial charge on any atom is -0.352 e. The van der Waals surface area contributed by atoms with Crippen molar-refractivity contribution in [3.8, 4) is 0 Å². The summed E-state index contributed by atoms with van der Waals surface area (Å²) in [7, 11) is 0. The third kappa shape index (κ3) is 3.79. The lowest BCUT2D eigenvalue weighted by atomic mass is 10.1. The summed E-state index contributed by atoms with van der Waals surface area (Å²) in [4.78, 5) is 26.1. The summed E-state index contributed by atoms with van der Waals surface area (Å²) < 4.78 is 0.939. The van der Waals surface area contributed by atoms with Crippen LogP contribution in [0, 0.1) is 5.92 Å². The third-order valence-electron chi connectivity index (χ3n) is 3.93. The summed E-state index contributed by atoms with van der Waals surface area (Å²) in [6, 6.07) is 16.9. The van der Waals surface area contributed by atoms with Crippen LogP contribution in [0.15, 0.2) is 59.1 Å². The molecule has 1 N–H and O–H groups in total. The van der Waals surface area contributed by atoms with Gasteiger partial charge in [0.15, 0.2) is 0 Å². The van der Waals surface area contributed by atoms with Crippen LogP contribution in [0.1, 0.15) is 16.8 Å². The monoisotopic (exact) mass is 372 g/mol. The minimum absolute atomic E-state index is 0.108. The van der Waals surface area contributed by atoms with Crippen LogP contribution in [0.2, 0.25) is 0 Å². The van der Waals surface area contributed by atoms with E-state index in [0.717, 1.165) is 10.2 Å². The zero-order chi connectivity index (χ0) is 16.2. The molecule has 1 aliphatic rings. The molecule has 1 atom stereocenters. The molecule has 0 aromatic heterocycles. The molecule has 0 radical (unpaired) electrons. The maximum Gasteiger partial charge on any atom is 0.251 e. The Bertz CT molecular complexity index is 701. The van der Waals surface area contributed by atoms with E-state index in [9.17, 15) is 9.59 Å². The van der Waals surface area contributed by atoms with Crippen LogP contribution >= 0.6 is 15.9 Å². The minimum atomic E-state index is -0.108. The Kier molecular flexibility index (Phi) is 4.76. The fraction of sp³-hybridized carbons (Fsp3) is 0.222. The number of carbonyl (C=O) groups is 2. The Morgan fingerprint density at radius 1 is 1.13 bits per heavy atom. The van der Waals surface area contributed by atoms with Gasteiger partial charge in [-0.3, -0.25) is 9.59 Å². The van der Waals surface area contributed by atoms with Crippen molar-refractivity contribution in [1.82, 2.24) is 5.32 Å². The van der Waals surface area contributed by atoms with Crippen LogP contribution in [0.5, 0.6) is 0 Å². The Hall–Kier alpha value is -2.14.